The summed E-state index contributed by atoms with van der Waals surface area (Å²) in [6.07, 6.45) is 3.68. The predicted molar refractivity (Wildman–Crippen MR) is 222 cm³/mol. The van der Waals surface area contributed by atoms with Gasteiger partial charge in [-0.25, -0.2) is 0 Å². The van der Waals surface area contributed by atoms with Crippen molar-refractivity contribution >= 4 is 34.5 Å². The maximum absolute atomic E-state index is 10.4. The van der Waals surface area contributed by atoms with Gasteiger partial charge in [0.1, 0.15) is 11.9 Å². The molecule has 0 fully saturated rings. The lowest BCUT2D eigenvalue weighted by atomic mass is 9.67. The van der Waals surface area contributed by atoms with Gasteiger partial charge in [0, 0.05) is 38.1 Å². The fraction of sp³-hybridized carbons (Fsp3) is 0.0600. The predicted octanol–water partition coefficient (Wildman–Crippen LogP) is 12.3. The van der Waals surface area contributed by atoms with Crippen molar-refractivity contribution in [1.29, 1.82) is 5.26 Å². The van der Waals surface area contributed by atoms with E-state index in [1.165, 1.54) is 43.2 Å². The molecular weight excluding hydrogens is 691 g/mol. The molecule has 0 saturated carbocycles. The lowest BCUT2D eigenvalue weighted by Gasteiger charge is -2.40. The number of rotatable bonds is 5. The van der Waals surface area contributed by atoms with Gasteiger partial charge >= 0.3 is 0 Å². The second kappa shape index (κ2) is 12.4. The number of ether oxygens (including phenoxy) is 1. The molecule has 0 amide bonds. The Balaban J connectivity index is 1.14. The third-order valence-corrected chi connectivity index (χ3v) is 12.6. The Labute approximate surface area is 324 Å². The minimum absolute atomic E-state index is 0.156. The van der Waals surface area contributed by atoms with Gasteiger partial charge < -0.3 is 15.0 Å². The zero-order valence-electron chi connectivity index (χ0n) is 29.7. The van der Waals surface area contributed by atoms with Crippen LogP contribution in [0.25, 0.3) is 11.1 Å². The summed E-state index contributed by atoms with van der Waals surface area (Å²) in [6.45, 7) is 0. The maximum atomic E-state index is 10.4. The molecule has 7 aromatic rings. The van der Waals surface area contributed by atoms with Crippen molar-refractivity contribution in [2.24, 2.45) is 0 Å². The number of anilines is 4. The van der Waals surface area contributed by atoms with E-state index in [1.807, 2.05) is 36.0 Å². The molecule has 11 rings (SSSR count). The number of para-hydroxylation sites is 3. The summed E-state index contributed by atoms with van der Waals surface area (Å²) in [6, 6.07) is 63.2. The van der Waals surface area contributed by atoms with Gasteiger partial charge in [-0.2, -0.15) is 5.26 Å². The minimum Gasteiger partial charge on any atom is -0.483 e. The molecule has 4 aliphatic rings. The third-order valence-electron chi connectivity index (χ3n) is 11.5. The summed E-state index contributed by atoms with van der Waals surface area (Å²) < 4.78 is 6.82. The summed E-state index contributed by atoms with van der Waals surface area (Å²) in [5.41, 5.74) is 13.8. The molecule has 0 aromatic heterocycles. The van der Waals surface area contributed by atoms with Gasteiger partial charge in [-0.1, -0.05) is 127 Å². The molecule has 2 unspecified atom stereocenters. The first-order valence-electron chi connectivity index (χ1n) is 18.6. The van der Waals surface area contributed by atoms with E-state index in [4.69, 9.17) is 4.74 Å². The molecule has 0 radical (unpaired) electrons. The van der Waals surface area contributed by atoms with Crippen molar-refractivity contribution in [1.82, 2.24) is 0 Å². The molecule has 260 valence electrons. The highest BCUT2D eigenvalue weighted by Crippen LogP contribution is 2.63. The quantitative estimate of drug-likeness (QED) is 0.192. The van der Waals surface area contributed by atoms with Crippen molar-refractivity contribution < 1.29 is 4.74 Å². The van der Waals surface area contributed by atoms with E-state index < -0.39 is 5.41 Å². The molecule has 55 heavy (non-hydrogen) atoms. The van der Waals surface area contributed by atoms with E-state index in [0.29, 0.717) is 5.57 Å². The number of hydrogen-bond donors (Lipinski definition) is 1. The van der Waals surface area contributed by atoms with Gasteiger partial charge in [0.15, 0.2) is 0 Å². The Hall–Kier alpha value is -6.74. The standard InChI is InChI=1S/C50H33N3OS/c51-31-32-28-44(48-38-19-13-23-43(49(38)54-45(48)29-32)52-33-14-3-1-4-15-33)53(34-16-5-2-6-17-34)35-26-27-37-36-18-7-8-20-39(36)50(42(37)30-35)40-21-9-11-24-46(40)55-47-25-12-10-22-41(47)50/h1-30,45,48,52H. The van der Waals surface area contributed by atoms with Crippen LogP contribution in [0, 0.1) is 11.3 Å². The van der Waals surface area contributed by atoms with Crippen molar-refractivity contribution in [3.05, 3.63) is 221 Å². The van der Waals surface area contributed by atoms with E-state index in [9.17, 15) is 5.26 Å². The van der Waals surface area contributed by atoms with E-state index in [2.05, 4.69) is 174 Å². The number of nitriles is 1. The number of allylic oxidation sites excluding steroid dienone is 2. The number of benzene rings is 7. The average Bonchev–Trinajstić information content (AvgIpc) is 3.76. The molecule has 0 bridgehead atoms. The van der Waals surface area contributed by atoms with Crippen molar-refractivity contribution in [2.45, 2.75) is 27.2 Å². The van der Waals surface area contributed by atoms with Crippen LogP contribution in [0.15, 0.2) is 203 Å². The maximum Gasteiger partial charge on any atom is 0.147 e. The van der Waals surface area contributed by atoms with Crippen molar-refractivity contribution in [2.75, 3.05) is 10.2 Å². The van der Waals surface area contributed by atoms with Crippen LogP contribution in [-0.2, 0) is 5.41 Å². The van der Waals surface area contributed by atoms with Crippen LogP contribution >= 0.6 is 11.8 Å². The summed E-state index contributed by atoms with van der Waals surface area (Å²) in [7, 11) is 0. The SMILES string of the molecule is N#CC1=CC2Oc3c(Nc4ccccc4)cccc3C2C(N(c2ccccc2)c2ccc3c(c2)C2(c4ccccc4Sc4ccccc42)c2ccccc2-3)=C1. The van der Waals surface area contributed by atoms with Crippen molar-refractivity contribution in [3.8, 4) is 22.9 Å². The fourth-order valence-corrected chi connectivity index (χ4v) is 10.5. The van der Waals surface area contributed by atoms with Crippen LogP contribution in [0.2, 0.25) is 0 Å². The van der Waals surface area contributed by atoms with Gasteiger partial charge in [-0.05, 0) is 100 Å². The number of nitrogens with one attached hydrogen (secondary N) is 1. The molecule has 1 N–H and O–H groups in total. The summed E-state index contributed by atoms with van der Waals surface area (Å²) in [5.74, 6) is 0.656. The minimum atomic E-state index is -0.509. The first kappa shape index (κ1) is 31.8. The highest BCUT2D eigenvalue weighted by molar-refractivity contribution is 7.99. The van der Waals surface area contributed by atoms with Crippen LogP contribution in [-0.4, -0.2) is 6.10 Å². The van der Waals surface area contributed by atoms with Gasteiger partial charge in [0.25, 0.3) is 0 Å². The smallest absolute Gasteiger partial charge is 0.147 e. The number of hydrogen-bond acceptors (Lipinski definition) is 5. The van der Waals surface area contributed by atoms with Crippen LogP contribution in [0.1, 0.15) is 33.7 Å². The van der Waals surface area contributed by atoms with Crippen LogP contribution in [0.4, 0.5) is 22.7 Å². The molecular formula is C50H33N3OS. The molecule has 1 spiro atoms. The lowest BCUT2D eigenvalue weighted by molar-refractivity contribution is 0.264. The zero-order valence-corrected chi connectivity index (χ0v) is 30.5. The Bertz CT molecular complexity index is 2740. The van der Waals surface area contributed by atoms with E-state index in [1.54, 1.807) is 0 Å². The fourth-order valence-electron chi connectivity index (χ4n) is 9.30. The molecule has 2 aliphatic heterocycles. The first-order valence-corrected chi connectivity index (χ1v) is 19.5. The summed E-state index contributed by atoms with van der Waals surface area (Å²) in [4.78, 5) is 4.90. The lowest BCUT2D eigenvalue weighted by Crippen LogP contribution is -2.33. The topological polar surface area (TPSA) is 48.3 Å². The Morgan fingerprint density at radius 1 is 0.618 bits per heavy atom. The monoisotopic (exact) mass is 723 g/mol. The van der Waals surface area contributed by atoms with Crippen LogP contribution in [0.3, 0.4) is 0 Å². The Morgan fingerprint density at radius 2 is 1.27 bits per heavy atom. The van der Waals surface area contributed by atoms with Crippen LogP contribution in [0.5, 0.6) is 5.75 Å². The highest BCUT2D eigenvalue weighted by Gasteiger charge is 2.50. The molecule has 0 saturated heterocycles. The Morgan fingerprint density at radius 3 is 2.02 bits per heavy atom. The van der Waals surface area contributed by atoms with Crippen molar-refractivity contribution in [3.63, 3.8) is 0 Å². The highest BCUT2D eigenvalue weighted by atomic mass is 32.2. The second-order valence-corrected chi connectivity index (χ2v) is 15.5. The third kappa shape index (κ3) is 4.72. The average molecular weight is 724 g/mol. The normalized spacial score (nSPS) is 17.5. The number of fused-ring (bicyclic) bond motifs is 12. The molecule has 4 nitrogen and oxygen atoms in total. The van der Waals surface area contributed by atoms with Gasteiger partial charge in [0.05, 0.1) is 28.7 Å². The van der Waals surface area contributed by atoms with Crippen LogP contribution < -0.4 is 15.0 Å². The van der Waals surface area contributed by atoms with E-state index in [0.717, 1.165) is 39.8 Å². The second-order valence-electron chi connectivity index (χ2n) is 14.4. The van der Waals surface area contributed by atoms with E-state index >= 15 is 0 Å². The summed E-state index contributed by atoms with van der Waals surface area (Å²) in [5, 5.41) is 14.0. The largest absolute Gasteiger partial charge is 0.483 e. The molecule has 2 heterocycles. The Kier molecular flexibility index (Phi) is 7.17. The zero-order chi connectivity index (χ0) is 36.5. The first-order chi connectivity index (χ1) is 27.2. The summed E-state index contributed by atoms with van der Waals surface area (Å²) >= 11 is 1.86. The molecule has 2 aliphatic carbocycles. The molecule has 2 atom stereocenters. The van der Waals surface area contributed by atoms with Gasteiger partial charge in [-0.3, -0.25) is 0 Å². The van der Waals surface area contributed by atoms with Gasteiger partial charge in [0.2, 0.25) is 0 Å². The molecule has 5 heteroatoms. The molecule has 7 aromatic carbocycles. The van der Waals surface area contributed by atoms with Gasteiger partial charge in [-0.15, -0.1) is 0 Å². The number of nitrogens with zero attached hydrogens (tertiary/aromatic N) is 2. The van der Waals surface area contributed by atoms with E-state index in [-0.39, 0.29) is 12.0 Å².